The van der Waals surface area contributed by atoms with Crippen LogP contribution in [0.3, 0.4) is 0 Å². The van der Waals surface area contributed by atoms with E-state index in [1.807, 2.05) is 19.9 Å². The minimum Gasteiger partial charge on any atom is -0.333 e. The maximum absolute atomic E-state index is 11.9. The Morgan fingerprint density at radius 2 is 2.14 bits per heavy atom. The number of rotatable bonds is 4. The first-order valence-corrected chi connectivity index (χ1v) is 7.93. The first kappa shape index (κ1) is 16.1. The van der Waals surface area contributed by atoms with Crippen LogP contribution in [0.4, 0.5) is 4.79 Å². The lowest BCUT2D eigenvalue weighted by Crippen LogP contribution is -2.36. The van der Waals surface area contributed by atoms with Gasteiger partial charge in [-0.3, -0.25) is 0 Å². The predicted octanol–water partition coefficient (Wildman–Crippen LogP) is 4.32. The summed E-state index contributed by atoms with van der Waals surface area (Å²) >= 11 is 13.4. The summed E-state index contributed by atoms with van der Waals surface area (Å²) in [7, 11) is 0. The zero-order valence-corrected chi connectivity index (χ0v) is 13.9. The monoisotopic (exact) mass is 343 g/mol. The molecule has 1 atom stereocenters. The highest BCUT2D eigenvalue weighted by Gasteiger charge is 2.11. The van der Waals surface area contributed by atoms with Gasteiger partial charge in [-0.15, -0.1) is 11.3 Å². The second-order valence-electron chi connectivity index (χ2n) is 4.57. The highest BCUT2D eigenvalue weighted by Crippen LogP contribution is 2.25. The van der Waals surface area contributed by atoms with Gasteiger partial charge in [0, 0.05) is 11.1 Å². The van der Waals surface area contributed by atoms with Gasteiger partial charge in [0.25, 0.3) is 0 Å². The molecule has 2 N–H and O–H groups in total. The SMILES string of the molecule is Cc1ncc(CNC(=O)NC(C)c2ccc(Cl)c(Cl)c2)s1. The second kappa shape index (κ2) is 7.11. The molecule has 0 saturated carbocycles. The van der Waals surface area contributed by atoms with Gasteiger partial charge in [-0.05, 0) is 31.5 Å². The summed E-state index contributed by atoms with van der Waals surface area (Å²) < 4.78 is 0. The van der Waals surface area contributed by atoms with E-state index in [9.17, 15) is 4.79 Å². The van der Waals surface area contributed by atoms with E-state index in [1.165, 1.54) is 0 Å². The van der Waals surface area contributed by atoms with Crippen molar-refractivity contribution in [2.45, 2.75) is 26.4 Å². The van der Waals surface area contributed by atoms with Crippen molar-refractivity contribution in [3.63, 3.8) is 0 Å². The Balaban J connectivity index is 1.88. The van der Waals surface area contributed by atoms with Crippen molar-refractivity contribution >= 4 is 40.6 Å². The van der Waals surface area contributed by atoms with Crippen LogP contribution in [-0.4, -0.2) is 11.0 Å². The summed E-state index contributed by atoms with van der Waals surface area (Å²) in [6.07, 6.45) is 1.77. The Morgan fingerprint density at radius 1 is 1.38 bits per heavy atom. The van der Waals surface area contributed by atoms with E-state index in [-0.39, 0.29) is 12.1 Å². The van der Waals surface area contributed by atoms with Gasteiger partial charge >= 0.3 is 6.03 Å². The number of amides is 2. The predicted molar refractivity (Wildman–Crippen MR) is 87.1 cm³/mol. The number of thiazole rings is 1. The number of halogens is 2. The van der Waals surface area contributed by atoms with E-state index in [1.54, 1.807) is 29.7 Å². The van der Waals surface area contributed by atoms with Crippen LogP contribution in [0.15, 0.2) is 24.4 Å². The third kappa shape index (κ3) is 4.59. The number of aromatic nitrogens is 1. The van der Waals surface area contributed by atoms with Crippen molar-refractivity contribution in [2.75, 3.05) is 0 Å². The van der Waals surface area contributed by atoms with Gasteiger partial charge in [0.05, 0.1) is 27.6 Å². The quantitative estimate of drug-likeness (QED) is 0.868. The molecule has 0 bridgehead atoms. The Kier molecular flexibility index (Phi) is 5.45. The molecule has 4 nitrogen and oxygen atoms in total. The normalized spacial score (nSPS) is 12.0. The summed E-state index contributed by atoms with van der Waals surface area (Å²) in [6, 6.07) is 4.91. The Morgan fingerprint density at radius 3 is 2.76 bits per heavy atom. The fraction of sp³-hybridized carbons (Fsp3) is 0.286. The standard InChI is InChI=1S/C14H15Cl2N3OS/c1-8(10-3-4-12(15)13(16)5-10)19-14(20)18-7-11-6-17-9(2)21-11/h3-6,8H,7H2,1-2H3,(H2,18,19,20). The van der Waals surface area contributed by atoms with Gasteiger partial charge in [0.2, 0.25) is 0 Å². The highest BCUT2D eigenvalue weighted by atomic mass is 35.5. The van der Waals surface area contributed by atoms with E-state index < -0.39 is 0 Å². The third-order valence-electron chi connectivity index (χ3n) is 2.88. The molecule has 1 aromatic carbocycles. The minimum atomic E-state index is -0.236. The molecule has 0 saturated heterocycles. The molecule has 7 heteroatoms. The summed E-state index contributed by atoms with van der Waals surface area (Å²) in [5.74, 6) is 0. The maximum atomic E-state index is 11.9. The number of benzene rings is 1. The van der Waals surface area contributed by atoms with Crippen LogP contribution in [0.25, 0.3) is 0 Å². The second-order valence-corrected chi connectivity index (χ2v) is 6.70. The van der Waals surface area contributed by atoms with E-state index in [0.29, 0.717) is 16.6 Å². The van der Waals surface area contributed by atoms with E-state index in [4.69, 9.17) is 23.2 Å². The molecule has 0 fully saturated rings. The van der Waals surface area contributed by atoms with Crippen molar-refractivity contribution in [2.24, 2.45) is 0 Å². The molecular formula is C14H15Cl2N3OS. The third-order valence-corrected chi connectivity index (χ3v) is 4.54. The molecule has 1 unspecified atom stereocenters. The zero-order chi connectivity index (χ0) is 15.4. The van der Waals surface area contributed by atoms with Gasteiger partial charge in [0.1, 0.15) is 0 Å². The molecule has 1 heterocycles. The summed E-state index contributed by atoms with van der Waals surface area (Å²) in [6.45, 7) is 4.28. The van der Waals surface area contributed by atoms with Crippen molar-refractivity contribution in [1.82, 2.24) is 15.6 Å². The number of aryl methyl sites for hydroxylation is 1. The van der Waals surface area contributed by atoms with Crippen LogP contribution in [0, 0.1) is 6.92 Å². The molecule has 2 rings (SSSR count). The van der Waals surface area contributed by atoms with Crippen LogP contribution in [0.2, 0.25) is 10.0 Å². The van der Waals surface area contributed by atoms with Crippen molar-refractivity contribution in [3.05, 3.63) is 49.9 Å². The maximum Gasteiger partial charge on any atom is 0.315 e. The molecule has 0 aliphatic heterocycles. The van der Waals surface area contributed by atoms with Crippen LogP contribution >= 0.6 is 34.5 Å². The largest absolute Gasteiger partial charge is 0.333 e. The Labute approximate surface area is 137 Å². The summed E-state index contributed by atoms with van der Waals surface area (Å²) in [5, 5.41) is 7.61. The number of hydrogen-bond donors (Lipinski definition) is 2. The molecule has 0 radical (unpaired) electrons. The van der Waals surface area contributed by atoms with Gasteiger partial charge < -0.3 is 10.6 Å². The Hall–Kier alpha value is -1.30. The van der Waals surface area contributed by atoms with E-state index in [2.05, 4.69) is 15.6 Å². The summed E-state index contributed by atoms with van der Waals surface area (Å²) in [4.78, 5) is 17.0. The van der Waals surface area contributed by atoms with Gasteiger partial charge in [-0.25, -0.2) is 9.78 Å². The molecule has 1 aromatic heterocycles. The van der Waals surface area contributed by atoms with Crippen LogP contribution in [0.5, 0.6) is 0 Å². The topological polar surface area (TPSA) is 54.0 Å². The number of carbonyl (C=O) groups is 1. The molecule has 0 aliphatic carbocycles. The van der Waals surface area contributed by atoms with E-state index in [0.717, 1.165) is 15.4 Å². The fourth-order valence-electron chi connectivity index (χ4n) is 1.77. The molecule has 112 valence electrons. The lowest BCUT2D eigenvalue weighted by atomic mass is 10.1. The number of urea groups is 1. The fourth-order valence-corrected chi connectivity index (χ4v) is 2.81. The molecule has 21 heavy (non-hydrogen) atoms. The van der Waals surface area contributed by atoms with Crippen LogP contribution < -0.4 is 10.6 Å². The number of nitrogens with one attached hydrogen (secondary N) is 2. The molecular weight excluding hydrogens is 329 g/mol. The lowest BCUT2D eigenvalue weighted by molar-refractivity contribution is 0.237. The smallest absolute Gasteiger partial charge is 0.315 e. The van der Waals surface area contributed by atoms with Gasteiger partial charge in [-0.2, -0.15) is 0 Å². The minimum absolute atomic E-state index is 0.164. The summed E-state index contributed by atoms with van der Waals surface area (Å²) in [5.41, 5.74) is 0.896. The first-order valence-electron chi connectivity index (χ1n) is 6.36. The van der Waals surface area contributed by atoms with Crippen molar-refractivity contribution in [3.8, 4) is 0 Å². The zero-order valence-electron chi connectivity index (χ0n) is 11.6. The van der Waals surface area contributed by atoms with Gasteiger partial charge in [0.15, 0.2) is 0 Å². The number of nitrogens with zero attached hydrogens (tertiary/aromatic N) is 1. The average molecular weight is 344 g/mol. The molecule has 2 amide bonds. The van der Waals surface area contributed by atoms with Crippen LogP contribution in [0.1, 0.15) is 28.4 Å². The Bertz CT molecular complexity index is 645. The number of hydrogen-bond acceptors (Lipinski definition) is 3. The van der Waals surface area contributed by atoms with Crippen LogP contribution in [-0.2, 0) is 6.54 Å². The average Bonchev–Trinajstić information content (AvgIpc) is 2.85. The van der Waals surface area contributed by atoms with Crippen molar-refractivity contribution < 1.29 is 4.79 Å². The molecule has 0 aliphatic rings. The molecule has 2 aromatic rings. The number of carbonyl (C=O) groups excluding carboxylic acids is 1. The highest BCUT2D eigenvalue weighted by molar-refractivity contribution is 7.11. The van der Waals surface area contributed by atoms with E-state index >= 15 is 0 Å². The van der Waals surface area contributed by atoms with Crippen molar-refractivity contribution in [1.29, 1.82) is 0 Å². The lowest BCUT2D eigenvalue weighted by Gasteiger charge is -2.15. The molecule has 0 spiro atoms. The van der Waals surface area contributed by atoms with Gasteiger partial charge in [-0.1, -0.05) is 29.3 Å². The first-order chi connectivity index (χ1) is 9.95.